The fourth-order valence-corrected chi connectivity index (χ4v) is 7.38. The van der Waals surface area contributed by atoms with E-state index in [4.69, 9.17) is 0 Å². The van der Waals surface area contributed by atoms with Crippen molar-refractivity contribution in [1.82, 2.24) is 0 Å². The van der Waals surface area contributed by atoms with Gasteiger partial charge in [0.25, 0.3) is 0 Å². The van der Waals surface area contributed by atoms with Crippen LogP contribution in [-0.4, -0.2) is 0 Å². The van der Waals surface area contributed by atoms with Crippen molar-refractivity contribution in [1.29, 1.82) is 0 Å². The molecule has 0 aromatic heterocycles. The highest BCUT2D eigenvalue weighted by Gasteiger charge is 2.37. The molecule has 0 heterocycles. The smallest absolute Gasteiger partial charge is 0.166 e. The van der Waals surface area contributed by atoms with Crippen molar-refractivity contribution < 1.29 is 13.2 Å². The molecule has 0 nitrogen and oxygen atoms in total. The molecule has 3 heteroatoms. The van der Waals surface area contributed by atoms with Crippen molar-refractivity contribution in [2.24, 2.45) is 0 Å². The molecule has 0 aliphatic heterocycles. The van der Waals surface area contributed by atoms with Gasteiger partial charge in [-0.3, -0.25) is 0 Å². The number of fused-ring (bicyclic) bond motifs is 5. The van der Waals surface area contributed by atoms with Gasteiger partial charge < -0.3 is 0 Å². The summed E-state index contributed by atoms with van der Waals surface area (Å²) >= 11 is 0. The normalized spacial score (nSPS) is 13.6. The first-order valence-corrected chi connectivity index (χ1v) is 15.2. The maximum absolute atomic E-state index is 13.5. The Labute approximate surface area is 260 Å². The SMILES string of the molecule is CC1(C)c2ccccc2-c2c(-c3c4ccccc4c(-c4ccc(C(F)(F)F)cc4)c4ccc(-c5ccccc5)cc34)cccc21. The monoisotopic (exact) mass is 590 g/mol. The molecule has 0 saturated carbocycles. The van der Waals surface area contributed by atoms with Crippen LogP contribution >= 0.6 is 0 Å². The van der Waals surface area contributed by atoms with E-state index in [0.29, 0.717) is 0 Å². The average Bonchev–Trinajstić information content (AvgIpc) is 3.30. The van der Waals surface area contributed by atoms with Crippen LogP contribution in [0, 0.1) is 0 Å². The highest BCUT2D eigenvalue weighted by Crippen LogP contribution is 2.54. The Kier molecular flexibility index (Phi) is 6.05. The number of hydrogen-bond acceptors (Lipinski definition) is 0. The van der Waals surface area contributed by atoms with Crippen LogP contribution in [0.5, 0.6) is 0 Å². The van der Waals surface area contributed by atoms with Gasteiger partial charge in [-0.05, 0) is 95.4 Å². The Morgan fingerprint density at radius 2 is 1.00 bits per heavy atom. The highest BCUT2D eigenvalue weighted by molar-refractivity contribution is 6.23. The van der Waals surface area contributed by atoms with Gasteiger partial charge in [-0.25, -0.2) is 0 Å². The highest BCUT2D eigenvalue weighted by atomic mass is 19.4. The molecule has 7 aromatic carbocycles. The molecule has 0 spiro atoms. The number of rotatable bonds is 3. The van der Waals surface area contributed by atoms with Gasteiger partial charge in [0.05, 0.1) is 5.56 Å². The van der Waals surface area contributed by atoms with Crippen molar-refractivity contribution in [3.63, 3.8) is 0 Å². The van der Waals surface area contributed by atoms with Gasteiger partial charge >= 0.3 is 6.18 Å². The van der Waals surface area contributed by atoms with Crippen LogP contribution in [0.25, 0.3) is 66.1 Å². The van der Waals surface area contributed by atoms with Gasteiger partial charge in [-0.2, -0.15) is 13.2 Å². The van der Waals surface area contributed by atoms with Crippen LogP contribution in [0.2, 0.25) is 0 Å². The van der Waals surface area contributed by atoms with E-state index in [-0.39, 0.29) is 5.41 Å². The van der Waals surface area contributed by atoms with Crippen molar-refractivity contribution >= 4 is 21.5 Å². The second-order valence-corrected chi connectivity index (χ2v) is 12.4. The molecule has 45 heavy (non-hydrogen) atoms. The van der Waals surface area contributed by atoms with Gasteiger partial charge in [-0.1, -0.05) is 135 Å². The molecule has 1 aliphatic carbocycles. The van der Waals surface area contributed by atoms with Crippen LogP contribution in [-0.2, 0) is 11.6 Å². The molecule has 0 amide bonds. The summed E-state index contributed by atoms with van der Waals surface area (Å²) in [6.45, 7) is 4.58. The molecule has 0 radical (unpaired) electrons. The average molecular weight is 591 g/mol. The van der Waals surface area contributed by atoms with Gasteiger partial charge in [0.15, 0.2) is 0 Å². The summed E-state index contributed by atoms with van der Waals surface area (Å²) in [5, 5.41) is 4.16. The topological polar surface area (TPSA) is 0 Å². The number of alkyl halides is 3. The predicted octanol–water partition coefficient (Wildman–Crippen LogP) is 12.3. The zero-order valence-electron chi connectivity index (χ0n) is 24.9. The first-order valence-electron chi connectivity index (χ1n) is 15.2. The molecule has 0 bridgehead atoms. The van der Waals surface area contributed by atoms with Gasteiger partial charge in [0.2, 0.25) is 0 Å². The molecule has 8 rings (SSSR count). The Morgan fingerprint density at radius 3 is 1.73 bits per heavy atom. The minimum atomic E-state index is -4.39. The van der Waals surface area contributed by atoms with Crippen LogP contribution in [0.4, 0.5) is 13.2 Å². The van der Waals surface area contributed by atoms with Crippen molar-refractivity contribution in [2.75, 3.05) is 0 Å². The largest absolute Gasteiger partial charge is 0.416 e. The third-order valence-corrected chi connectivity index (χ3v) is 9.51. The van der Waals surface area contributed by atoms with Gasteiger partial charge in [-0.15, -0.1) is 0 Å². The molecule has 0 unspecified atom stereocenters. The molecule has 0 N–H and O–H groups in total. The Morgan fingerprint density at radius 1 is 0.422 bits per heavy atom. The molecular weight excluding hydrogens is 561 g/mol. The second kappa shape index (κ2) is 9.93. The summed E-state index contributed by atoms with van der Waals surface area (Å²) in [4.78, 5) is 0. The molecule has 1 aliphatic rings. The Bertz CT molecular complexity index is 2260. The van der Waals surface area contributed by atoms with E-state index in [1.54, 1.807) is 12.1 Å². The van der Waals surface area contributed by atoms with Crippen molar-refractivity contribution in [3.8, 4) is 44.5 Å². The summed E-state index contributed by atoms with van der Waals surface area (Å²) in [6.07, 6.45) is -4.39. The van der Waals surface area contributed by atoms with Crippen LogP contribution in [0.15, 0.2) is 140 Å². The van der Waals surface area contributed by atoms with E-state index < -0.39 is 11.7 Å². The lowest BCUT2D eigenvalue weighted by molar-refractivity contribution is -0.137. The van der Waals surface area contributed by atoms with Crippen LogP contribution in [0.3, 0.4) is 0 Å². The lowest BCUT2D eigenvalue weighted by Crippen LogP contribution is -2.14. The number of halogens is 3. The number of hydrogen-bond donors (Lipinski definition) is 0. The lowest BCUT2D eigenvalue weighted by atomic mass is 9.80. The predicted molar refractivity (Wildman–Crippen MR) is 180 cm³/mol. The zero-order valence-corrected chi connectivity index (χ0v) is 24.9. The van der Waals surface area contributed by atoms with Gasteiger partial charge in [0.1, 0.15) is 0 Å². The van der Waals surface area contributed by atoms with E-state index >= 15 is 0 Å². The quantitative estimate of drug-likeness (QED) is 0.180. The summed E-state index contributed by atoms with van der Waals surface area (Å²) in [6, 6.07) is 46.0. The van der Waals surface area contributed by atoms with Crippen LogP contribution < -0.4 is 0 Å². The molecular formula is C42H29F3. The van der Waals surface area contributed by atoms with Crippen molar-refractivity contribution in [2.45, 2.75) is 25.4 Å². The lowest BCUT2D eigenvalue weighted by Gasteiger charge is -2.23. The van der Waals surface area contributed by atoms with Gasteiger partial charge in [0, 0.05) is 5.41 Å². The standard InChI is InChI=1S/C42H29F3/c1-41(2)36-17-9-8-15-33(36)40-34(16-10-18-37(40)41)39-31-14-7-6-13-30(31)38(27-19-22-29(23-20-27)42(43,44)45)32-24-21-28(25-35(32)39)26-11-4-3-5-12-26/h3-25H,1-2H3. The maximum Gasteiger partial charge on any atom is 0.416 e. The second-order valence-electron chi connectivity index (χ2n) is 12.4. The van der Waals surface area contributed by atoms with E-state index in [2.05, 4.69) is 105 Å². The minimum Gasteiger partial charge on any atom is -0.166 e. The summed E-state index contributed by atoms with van der Waals surface area (Å²) in [5.74, 6) is 0. The Balaban J connectivity index is 1.51. The zero-order chi connectivity index (χ0) is 30.9. The first-order chi connectivity index (χ1) is 21.7. The first kappa shape index (κ1) is 27.4. The Hall–Kier alpha value is -5.15. The summed E-state index contributed by atoms with van der Waals surface area (Å²) in [7, 11) is 0. The summed E-state index contributed by atoms with van der Waals surface area (Å²) in [5.41, 5.74) is 10.5. The molecule has 0 fully saturated rings. The third kappa shape index (κ3) is 4.22. The van der Waals surface area contributed by atoms with E-state index in [1.165, 1.54) is 34.4 Å². The fourth-order valence-electron chi connectivity index (χ4n) is 7.38. The third-order valence-electron chi connectivity index (χ3n) is 9.51. The molecule has 218 valence electrons. The van der Waals surface area contributed by atoms with Crippen LogP contribution in [0.1, 0.15) is 30.5 Å². The molecule has 7 aromatic rings. The molecule has 0 saturated heterocycles. The van der Waals surface area contributed by atoms with Crippen molar-refractivity contribution in [3.05, 3.63) is 156 Å². The number of benzene rings is 7. The van der Waals surface area contributed by atoms with E-state index in [0.717, 1.165) is 54.9 Å². The summed E-state index contributed by atoms with van der Waals surface area (Å²) < 4.78 is 40.6. The fraction of sp³-hybridized carbons (Fsp3) is 0.0952. The van der Waals surface area contributed by atoms with E-state index in [9.17, 15) is 13.2 Å². The maximum atomic E-state index is 13.5. The minimum absolute atomic E-state index is 0.150. The molecule has 0 atom stereocenters. The van der Waals surface area contributed by atoms with E-state index in [1.807, 2.05) is 24.3 Å².